The van der Waals surface area contributed by atoms with Crippen LogP contribution < -0.4 is 16.4 Å². The first kappa shape index (κ1) is 16.4. The highest BCUT2D eigenvalue weighted by Crippen LogP contribution is 2.31. The van der Waals surface area contributed by atoms with E-state index in [-0.39, 0.29) is 5.91 Å². The number of nitrogens with two attached hydrogens (primary N) is 2. The average molecular weight is 436 g/mol. The lowest BCUT2D eigenvalue weighted by Crippen LogP contribution is -2.12. The number of halogens is 1. The first-order chi connectivity index (χ1) is 11.6. The summed E-state index contributed by atoms with van der Waals surface area (Å²) >= 11 is 2.07. The Bertz CT molecular complexity index is 917. The smallest absolute Gasteiger partial charge is 0.249 e. The van der Waals surface area contributed by atoms with Crippen LogP contribution in [0.25, 0.3) is 10.9 Å². The number of carbonyl (C=O) groups is 1. The lowest BCUT2D eigenvalue weighted by atomic mass is 10.1. The number of benzene rings is 2. The quantitative estimate of drug-likeness (QED) is 0.448. The van der Waals surface area contributed by atoms with Crippen molar-refractivity contribution in [3.05, 3.63) is 57.3 Å². The zero-order valence-electron chi connectivity index (χ0n) is 12.4. The number of amides is 1. The molecule has 8 heteroatoms. The number of nitrogens with zero attached hydrogens (tertiary/aromatic N) is 2. The van der Waals surface area contributed by atoms with Crippen molar-refractivity contribution < 1.29 is 14.6 Å². The van der Waals surface area contributed by atoms with Gasteiger partial charge in [-0.05, 0) is 46.9 Å². The van der Waals surface area contributed by atoms with Gasteiger partial charge in [0.1, 0.15) is 6.61 Å². The summed E-state index contributed by atoms with van der Waals surface area (Å²) in [4.78, 5) is 20.4. The van der Waals surface area contributed by atoms with Crippen LogP contribution in [0.15, 0.2) is 42.6 Å². The van der Waals surface area contributed by atoms with Crippen molar-refractivity contribution >= 4 is 45.1 Å². The molecule has 4 N–H and O–H groups in total. The van der Waals surface area contributed by atoms with Gasteiger partial charge in [0.15, 0.2) is 5.75 Å². The molecule has 0 radical (unpaired) electrons. The SMILES string of the molecule is NC(=O)c1ccccc1I.Nc1cnnc2cc3c(cc12)OOC3. The number of primary amides is 1. The molecule has 122 valence electrons. The second-order valence-corrected chi connectivity index (χ2v) is 6.13. The summed E-state index contributed by atoms with van der Waals surface area (Å²) in [6, 6.07) is 10.9. The van der Waals surface area contributed by atoms with Crippen molar-refractivity contribution in [1.82, 2.24) is 10.2 Å². The van der Waals surface area contributed by atoms with Crippen LogP contribution in [0.5, 0.6) is 5.75 Å². The van der Waals surface area contributed by atoms with Gasteiger partial charge in [0, 0.05) is 14.5 Å². The Morgan fingerprint density at radius 2 is 2.04 bits per heavy atom. The Hall–Kier alpha value is -2.46. The van der Waals surface area contributed by atoms with Gasteiger partial charge in [-0.1, -0.05) is 12.1 Å². The van der Waals surface area contributed by atoms with E-state index in [1.54, 1.807) is 12.1 Å². The minimum Gasteiger partial charge on any atom is -0.397 e. The monoisotopic (exact) mass is 436 g/mol. The average Bonchev–Trinajstić information content (AvgIpc) is 3.02. The summed E-state index contributed by atoms with van der Waals surface area (Å²) in [5.41, 5.74) is 13.7. The van der Waals surface area contributed by atoms with E-state index in [1.165, 1.54) is 6.20 Å². The van der Waals surface area contributed by atoms with Gasteiger partial charge < -0.3 is 16.4 Å². The molecule has 1 aromatic heterocycles. The summed E-state index contributed by atoms with van der Waals surface area (Å²) in [6.45, 7) is 0.446. The van der Waals surface area contributed by atoms with Crippen LogP contribution >= 0.6 is 22.6 Å². The minimum absolute atomic E-state index is 0.370. The number of hydrogen-bond acceptors (Lipinski definition) is 6. The molecule has 2 heterocycles. The second-order valence-electron chi connectivity index (χ2n) is 4.97. The van der Waals surface area contributed by atoms with Gasteiger partial charge in [0.2, 0.25) is 5.91 Å². The van der Waals surface area contributed by atoms with Crippen molar-refractivity contribution in [2.24, 2.45) is 5.73 Å². The third kappa shape index (κ3) is 3.39. The molecule has 0 saturated heterocycles. The Kier molecular flexibility index (Phi) is 4.76. The van der Waals surface area contributed by atoms with Gasteiger partial charge in [-0.2, -0.15) is 15.1 Å². The summed E-state index contributed by atoms with van der Waals surface area (Å²) in [5, 5.41) is 8.60. The molecule has 0 bridgehead atoms. The van der Waals surface area contributed by atoms with Gasteiger partial charge in [-0.15, -0.1) is 0 Å². The fraction of sp³-hybridized carbons (Fsp3) is 0.0625. The maximum atomic E-state index is 10.6. The van der Waals surface area contributed by atoms with Crippen molar-refractivity contribution in [3.8, 4) is 5.75 Å². The topological polar surface area (TPSA) is 113 Å². The minimum atomic E-state index is -0.370. The summed E-state index contributed by atoms with van der Waals surface area (Å²) < 4.78 is 0.896. The fourth-order valence-corrected chi connectivity index (χ4v) is 2.81. The molecular weight excluding hydrogens is 423 g/mol. The van der Waals surface area contributed by atoms with Crippen LogP contribution in [-0.4, -0.2) is 16.1 Å². The van der Waals surface area contributed by atoms with Crippen LogP contribution in [0.1, 0.15) is 15.9 Å². The van der Waals surface area contributed by atoms with Gasteiger partial charge in [0.25, 0.3) is 0 Å². The zero-order valence-corrected chi connectivity index (χ0v) is 14.6. The summed E-state index contributed by atoms with van der Waals surface area (Å²) in [6.07, 6.45) is 1.52. The second kappa shape index (κ2) is 6.97. The first-order valence-corrected chi connectivity index (χ1v) is 8.01. The van der Waals surface area contributed by atoms with Gasteiger partial charge >= 0.3 is 0 Å². The Morgan fingerprint density at radius 3 is 2.75 bits per heavy atom. The van der Waals surface area contributed by atoms with E-state index in [9.17, 15) is 4.79 Å². The number of aromatic nitrogens is 2. The highest BCUT2D eigenvalue weighted by atomic mass is 127. The number of fused-ring (bicyclic) bond motifs is 2. The lowest BCUT2D eigenvalue weighted by Gasteiger charge is -2.01. The molecule has 0 unspecified atom stereocenters. The molecule has 0 saturated carbocycles. The maximum absolute atomic E-state index is 10.6. The molecule has 2 aromatic carbocycles. The van der Waals surface area contributed by atoms with Crippen molar-refractivity contribution in [3.63, 3.8) is 0 Å². The highest BCUT2D eigenvalue weighted by Gasteiger charge is 2.16. The number of nitrogen functional groups attached to an aromatic ring is 1. The van der Waals surface area contributed by atoms with Gasteiger partial charge in [0.05, 0.1) is 23.0 Å². The number of anilines is 1. The fourth-order valence-electron chi connectivity index (χ4n) is 2.16. The van der Waals surface area contributed by atoms with E-state index in [0.29, 0.717) is 23.6 Å². The van der Waals surface area contributed by atoms with E-state index in [4.69, 9.17) is 21.2 Å². The Balaban J connectivity index is 0.000000150. The van der Waals surface area contributed by atoms with E-state index in [1.807, 2.05) is 24.3 Å². The molecule has 0 spiro atoms. The summed E-state index contributed by atoms with van der Waals surface area (Å²) in [5.74, 6) is 0.335. The Labute approximate surface area is 151 Å². The molecule has 4 rings (SSSR count). The predicted octanol–water partition coefficient (Wildman–Crippen LogP) is 2.43. The Morgan fingerprint density at radius 1 is 1.25 bits per heavy atom. The van der Waals surface area contributed by atoms with Crippen molar-refractivity contribution in [1.29, 1.82) is 0 Å². The number of hydrogen-bond donors (Lipinski definition) is 2. The third-order valence-electron chi connectivity index (χ3n) is 3.35. The third-order valence-corrected chi connectivity index (χ3v) is 4.30. The van der Waals surface area contributed by atoms with E-state index >= 15 is 0 Å². The van der Waals surface area contributed by atoms with Crippen LogP contribution in [0.4, 0.5) is 5.69 Å². The molecule has 3 aromatic rings. The van der Waals surface area contributed by atoms with Crippen LogP contribution in [0.2, 0.25) is 0 Å². The molecular formula is C16H13IN4O3. The van der Waals surface area contributed by atoms with Gasteiger partial charge in [-0.25, -0.2) is 0 Å². The van der Waals surface area contributed by atoms with Gasteiger partial charge in [-0.3, -0.25) is 4.79 Å². The number of rotatable bonds is 1. The largest absolute Gasteiger partial charge is 0.397 e. The zero-order chi connectivity index (χ0) is 17.1. The molecule has 1 aliphatic heterocycles. The molecule has 0 aliphatic carbocycles. The van der Waals surface area contributed by atoms with Crippen molar-refractivity contribution in [2.75, 3.05) is 5.73 Å². The first-order valence-electron chi connectivity index (χ1n) is 6.94. The maximum Gasteiger partial charge on any atom is 0.249 e. The highest BCUT2D eigenvalue weighted by molar-refractivity contribution is 14.1. The van der Waals surface area contributed by atoms with Crippen LogP contribution in [0, 0.1) is 3.57 Å². The predicted molar refractivity (Wildman–Crippen MR) is 97.0 cm³/mol. The van der Waals surface area contributed by atoms with Crippen LogP contribution in [0.3, 0.4) is 0 Å². The van der Waals surface area contributed by atoms with E-state index in [2.05, 4.69) is 32.8 Å². The standard InChI is InChI=1S/C9H7N3O2.C7H6INO/c10-7-3-11-12-8-1-5-4-13-14-9(5)2-6(7)8;8-6-4-2-1-3-5(6)7(9)10/h1-3H,4H2,(H2,10,12);1-4H,(H2,9,10). The molecule has 1 amide bonds. The van der Waals surface area contributed by atoms with Crippen LogP contribution in [-0.2, 0) is 11.5 Å². The van der Waals surface area contributed by atoms with Crippen molar-refractivity contribution in [2.45, 2.75) is 6.61 Å². The molecule has 0 atom stereocenters. The molecule has 24 heavy (non-hydrogen) atoms. The summed E-state index contributed by atoms with van der Waals surface area (Å²) in [7, 11) is 0. The van der Waals surface area contributed by atoms with E-state index < -0.39 is 0 Å². The molecule has 1 aliphatic rings. The normalized spacial score (nSPS) is 12.0. The van der Waals surface area contributed by atoms with E-state index in [0.717, 1.165) is 20.0 Å². The number of carbonyl (C=O) groups excluding carboxylic acids is 1. The molecule has 7 nitrogen and oxygen atoms in total. The lowest BCUT2D eigenvalue weighted by molar-refractivity contribution is -0.194. The molecule has 0 fully saturated rings.